The fourth-order valence-electron chi connectivity index (χ4n) is 1.35. The zero-order chi connectivity index (χ0) is 10.6. The smallest absolute Gasteiger partial charge is 0.311 e. The normalized spacial score (nSPS) is 14.4. The standard InChI is InChI=1S/C11H12O2S/c1-8(10(7-14)11(12)13)9-5-3-2-4-6-9/h2-8,10H,1H3,(H,12,13). The van der Waals surface area contributed by atoms with Crippen LogP contribution in [0.1, 0.15) is 18.4 Å². The van der Waals surface area contributed by atoms with Crippen molar-refractivity contribution in [2.24, 2.45) is 5.92 Å². The molecule has 0 saturated heterocycles. The monoisotopic (exact) mass is 208 g/mol. The van der Waals surface area contributed by atoms with Crippen LogP contribution in [-0.2, 0) is 4.79 Å². The molecule has 0 bridgehead atoms. The van der Waals surface area contributed by atoms with Crippen molar-refractivity contribution >= 4 is 23.6 Å². The van der Waals surface area contributed by atoms with E-state index in [0.717, 1.165) is 5.56 Å². The molecule has 0 amide bonds. The molecule has 1 aromatic rings. The molecule has 0 aliphatic heterocycles. The van der Waals surface area contributed by atoms with Crippen molar-refractivity contribution in [1.29, 1.82) is 0 Å². The maximum atomic E-state index is 10.8. The Morgan fingerprint density at radius 2 is 2.00 bits per heavy atom. The minimum Gasteiger partial charge on any atom is -0.481 e. The largest absolute Gasteiger partial charge is 0.481 e. The van der Waals surface area contributed by atoms with Gasteiger partial charge in [-0.15, -0.1) is 0 Å². The van der Waals surface area contributed by atoms with Gasteiger partial charge in [-0.05, 0) is 16.8 Å². The van der Waals surface area contributed by atoms with E-state index >= 15 is 0 Å². The number of hydrogen-bond acceptors (Lipinski definition) is 2. The number of hydrogen-bond donors (Lipinski definition) is 1. The van der Waals surface area contributed by atoms with Gasteiger partial charge in [0.05, 0.1) is 5.92 Å². The number of carboxylic acids is 1. The number of benzene rings is 1. The van der Waals surface area contributed by atoms with Crippen LogP contribution >= 0.6 is 12.2 Å². The van der Waals surface area contributed by atoms with E-state index in [1.807, 2.05) is 37.3 Å². The molecule has 1 aromatic carbocycles. The second kappa shape index (κ2) is 4.86. The van der Waals surface area contributed by atoms with Crippen LogP contribution in [0.3, 0.4) is 0 Å². The Morgan fingerprint density at radius 3 is 2.43 bits per heavy atom. The van der Waals surface area contributed by atoms with Gasteiger partial charge in [0.25, 0.3) is 0 Å². The summed E-state index contributed by atoms with van der Waals surface area (Å²) in [4.78, 5) is 10.8. The summed E-state index contributed by atoms with van der Waals surface area (Å²) in [5.41, 5.74) is 1.00. The third-order valence-electron chi connectivity index (χ3n) is 2.30. The van der Waals surface area contributed by atoms with Crippen LogP contribution in [0.15, 0.2) is 30.3 Å². The lowest BCUT2D eigenvalue weighted by molar-refractivity contribution is -0.139. The van der Waals surface area contributed by atoms with Gasteiger partial charge in [0.15, 0.2) is 0 Å². The summed E-state index contributed by atoms with van der Waals surface area (Å²) < 4.78 is 0. The highest BCUT2D eigenvalue weighted by Gasteiger charge is 2.22. The van der Waals surface area contributed by atoms with Crippen LogP contribution in [0.25, 0.3) is 0 Å². The molecule has 0 aromatic heterocycles. The summed E-state index contributed by atoms with van der Waals surface area (Å²) in [6.07, 6.45) is 0. The molecule has 0 spiro atoms. The van der Waals surface area contributed by atoms with Gasteiger partial charge >= 0.3 is 5.97 Å². The number of rotatable bonds is 4. The average molecular weight is 208 g/mol. The van der Waals surface area contributed by atoms with Gasteiger partial charge < -0.3 is 5.11 Å². The minimum absolute atomic E-state index is 0.0776. The summed E-state index contributed by atoms with van der Waals surface area (Å²) in [5, 5.41) is 10.2. The van der Waals surface area contributed by atoms with Gasteiger partial charge in [-0.3, -0.25) is 4.79 Å². The number of thiocarbonyl (C=S) groups is 1. The molecule has 0 saturated carbocycles. The Labute approximate surface area is 88.6 Å². The van der Waals surface area contributed by atoms with E-state index in [1.165, 1.54) is 5.37 Å². The lowest BCUT2D eigenvalue weighted by Crippen LogP contribution is -2.20. The molecule has 1 rings (SSSR count). The lowest BCUT2D eigenvalue weighted by Gasteiger charge is -2.15. The van der Waals surface area contributed by atoms with Crippen LogP contribution < -0.4 is 0 Å². The van der Waals surface area contributed by atoms with Crippen LogP contribution in [-0.4, -0.2) is 16.4 Å². The van der Waals surface area contributed by atoms with Crippen LogP contribution in [0, 0.1) is 5.92 Å². The van der Waals surface area contributed by atoms with Gasteiger partial charge in [0, 0.05) is 0 Å². The Morgan fingerprint density at radius 1 is 1.43 bits per heavy atom. The Bertz CT molecular complexity index is 321. The molecular weight excluding hydrogens is 196 g/mol. The molecule has 2 unspecified atom stereocenters. The summed E-state index contributed by atoms with van der Waals surface area (Å²) in [7, 11) is 0. The molecule has 0 aliphatic carbocycles. The molecule has 0 radical (unpaired) electrons. The number of carbonyl (C=O) groups is 1. The first-order valence-electron chi connectivity index (χ1n) is 4.40. The van der Waals surface area contributed by atoms with Crippen molar-refractivity contribution in [2.45, 2.75) is 12.8 Å². The molecular formula is C11H12O2S. The van der Waals surface area contributed by atoms with E-state index in [9.17, 15) is 4.79 Å². The Balaban J connectivity index is 2.88. The highest BCUT2D eigenvalue weighted by atomic mass is 32.1. The zero-order valence-corrected chi connectivity index (χ0v) is 8.70. The molecule has 3 heteroatoms. The molecule has 2 nitrogen and oxygen atoms in total. The van der Waals surface area contributed by atoms with Gasteiger partial charge in [-0.25, -0.2) is 0 Å². The van der Waals surface area contributed by atoms with Crippen molar-refractivity contribution in [3.63, 3.8) is 0 Å². The van der Waals surface area contributed by atoms with Gasteiger partial charge in [-0.1, -0.05) is 49.5 Å². The summed E-state index contributed by atoms with van der Waals surface area (Å²) in [6.45, 7) is 1.87. The quantitative estimate of drug-likeness (QED) is 0.772. The van der Waals surface area contributed by atoms with E-state index < -0.39 is 11.9 Å². The van der Waals surface area contributed by atoms with Crippen LogP contribution in [0.4, 0.5) is 0 Å². The molecule has 74 valence electrons. The van der Waals surface area contributed by atoms with Crippen LogP contribution in [0.5, 0.6) is 0 Å². The fraction of sp³-hybridized carbons (Fsp3) is 0.273. The van der Waals surface area contributed by atoms with Gasteiger partial charge in [0.1, 0.15) is 0 Å². The highest BCUT2D eigenvalue weighted by molar-refractivity contribution is 7.79. The first kappa shape index (κ1) is 10.9. The van der Waals surface area contributed by atoms with E-state index in [1.54, 1.807) is 0 Å². The molecule has 2 atom stereocenters. The van der Waals surface area contributed by atoms with Gasteiger partial charge in [-0.2, -0.15) is 0 Å². The summed E-state index contributed by atoms with van der Waals surface area (Å²) in [5.74, 6) is -1.53. The predicted molar refractivity (Wildman–Crippen MR) is 59.6 cm³/mol. The average Bonchev–Trinajstić information content (AvgIpc) is 2.19. The van der Waals surface area contributed by atoms with E-state index in [2.05, 4.69) is 0 Å². The van der Waals surface area contributed by atoms with E-state index in [4.69, 9.17) is 17.3 Å². The summed E-state index contributed by atoms with van der Waals surface area (Å²) in [6, 6.07) is 9.53. The minimum atomic E-state index is -0.864. The lowest BCUT2D eigenvalue weighted by atomic mass is 9.89. The van der Waals surface area contributed by atoms with Crippen molar-refractivity contribution in [3.05, 3.63) is 35.9 Å². The molecule has 0 fully saturated rings. The van der Waals surface area contributed by atoms with E-state index in [-0.39, 0.29) is 5.92 Å². The topological polar surface area (TPSA) is 37.3 Å². The molecule has 0 heterocycles. The zero-order valence-electron chi connectivity index (χ0n) is 7.88. The first-order valence-corrected chi connectivity index (χ1v) is 4.87. The second-order valence-corrected chi connectivity index (χ2v) is 3.47. The number of carboxylic acid groups (broad SMARTS) is 1. The SMILES string of the molecule is CC(c1ccccc1)C(C=S)C(=O)O. The third-order valence-corrected chi connectivity index (χ3v) is 2.59. The van der Waals surface area contributed by atoms with Crippen molar-refractivity contribution in [1.82, 2.24) is 0 Å². The van der Waals surface area contributed by atoms with E-state index in [0.29, 0.717) is 0 Å². The van der Waals surface area contributed by atoms with Gasteiger partial charge in [0.2, 0.25) is 0 Å². The first-order chi connectivity index (χ1) is 6.66. The second-order valence-electron chi connectivity index (χ2n) is 3.20. The Kier molecular flexibility index (Phi) is 3.77. The van der Waals surface area contributed by atoms with Crippen LogP contribution in [0.2, 0.25) is 0 Å². The Hall–Kier alpha value is -1.22. The number of aliphatic carboxylic acids is 1. The van der Waals surface area contributed by atoms with Crippen molar-refractivity contribution in [2.75, 3.05) is 0 Å². The molecule has 0 aliphatic rings. The highest BCUT2D eigenvalue weighted by Crippen LogP contribution is 2.23. The summed E-state index contributed by atoms with van der Waals surface area (Å²) >= 11 is 4.72. The predicted octanol–water partition coefficient (Wildman–Crippen LogP) is 2.49. The van der Waals surface area contributed by atoms with Crippen molar-refractivity contribution < 1.29 is 9.90 Å². The maximum absolute atomic E-state index is 10.8. The molecule has 1 N–H and O–H groups in total. The maximum Gasteiger partial charge on any atom is 0.311 e. The fourth-order valence-corrected chi connectivity index (χ4v) is 1.71. The third kappa shape index (κ3) is 2.39. The molecule has 14 heavy (non-hydrogen) atoms. The van der Waals surface area contributed by atoms with Crippen molar-refractivity contribution in [3.8, 4) is 0 Å².